The molecule has 1 fully saturated rings. The summed E-state index contributed by atoms with van der Waals surface area (Å²) >= 11 is 3.49. The molecule has 0 saturated carbocycles. The predicted molar refractivity (Wildman–Crippen MR) is 57.9 cm³/mol. The first-order chi connectivity index (χ1) is 5.88. The molecular formula is C10H20BrN. The molecule has 0 aromatic heterocycles. The van der Waals surface area contributed by atoms with Crippen molar-refractivity contribution in [3.8, 4) is 0 Å². The van der Waals surface area contributed by atoms with E-state index in [0.717, 1.165) is 11.4 Å². The zero-order valence-electron chi connectivity index (χ0n) is 8.06. The van der Waals surface area contributed by atoms with Crippen LogP contribution in [0.2, 0.25) is 0 Å². The highest BCUT2D eigenvalue weighted by atomic mass is 79.9. The van der Waals surface area contributed by atoms with E-state index in [9.17, 15) is 0 Å². The summed E-state index contributed by atoms with van der Waals surface area (Å²) in [5, 5.41) is 1.15. The monoisotopic (exact) mass is 233 g/mol. The van der Waals surface area contributed by atoms with E-state index >= 15 is 0 Å². The lowest BCUT2D eigenvalue weighted by atomic mass is 10.00. The van der Waals surface area contributed by atoms with Gasteiger partial charge in [0.15, 0.2) is 0 Å². The zero-order chi connectivity index (χ0) is 8.81. The summed E-state index contributed by atoms with van der Waals surface area (Å²) in [6, 6.07) is 0.887. The first-order valence-electron chi connectivity index (χ1n) is 5.18. The molecule has 72 valence electrons. The average Bonchev–Trinajstić information content (AvgIpc) is 2.15. The van der Waals surface area contributed by atoms with E-state index < -0.39 is 0 Å². The molecular weight excluding hydrogens is 214 g/mol. The van der Waals surface area contributed by atoms with Gasteiger partial charge in [-0.05, 0) is 38.8 Å². The molecule has 0 aliphatic carbocycles. The Kier molecular flexibility index (Phi) is 5.24. The van der Waals surface area contributed by atoms with Crippen molar-refractivity contribution in [1.82, 2.24) is 4.90 Å². The van der Waals surface area contributed by atoms with E-state index in [2.05, 4.69) is 27.8 Å². The molecule has 1 nitrogen and oxygen atoms in total. The number of hydrogen-bond acceptors (Lipinski definition) is 1. The number of hydrogen-bond donors (Lipinski definition) is 0. The fourth-order valence-corrected chi connectivity index (χ4v) is 2.33. The molecule has 2 heteroatoms. The first kappa shape index (κ1) is 10.5. The zero-order valence-corrected chi connectivity index (χ0v) is 9.65. The van der Waals surface area contributed by atoms with Crippen molar-refractivity contribution in [3.05, 3.63) is 0 Å². The first-order valence-corrected chi connectivity index (χ1v) is 6.30. The van der Waals surface area contributed by atoms with Gasteiger partial charge >= 0.3 is 0 Å². The molecule has 0 N–H and O–H groups in total. The quantitative estimate of drug-likeness (QED) is 0.676. The molecule has 0 spiro atoms. The molecule has 0 aromatic rings. The predicted octanol–water partition coefficient (Wildman–Crippen LogP) is 3.04. The van der Waals surface area contributed by atoms with Gasteiger partial charge in [0.05, 0.1) is 0 Å². The van der Waals surface area contributed by atoms with E-state index in [1.807, 2.05) is 0 Å². The maximum Gasteiger partial charge on any atom is 0.00926 e. The van der Waals surface area contributed by atoms with E-state index in [0.29, 0.717) is 0 Å². The maximum absolute atomic E-state index is 3.49. The summed E-state index contributed by atoms with van der Waals surface area (Å²) in [7, 11) is 0. The van der Waals surface area contributed by atoms with Gasteiger partial charge in [-0.3, -0.25) is 0 Å². The van der Waals surface area contributed by atoms with Crippen LogP contribution in [0.1, 0.15) is 39.0 Å². The van der Waals surface area contributed by atoms with E-state index in [-0.39, 0.29) is 0 Å². The minimum Gasteiger partial charge on any atom is -0.300 e. The molecule has 12 heavy (non-hydrogen) atoms. The van der Waals surface area contributed by atoms with Crippen LogP contribution in [0.15, 0.2) is 0 Å². The Balaban J connectivity index is 2.26. The van der Waals surface area contributed by atoms with Gasteiger partial charge in [0.25, 0.3) is 0 Å². The fourth-order valence-electron chi connectivity index (χ4n) is 2.08. The number of alkyl halides is 1. The van der Waals surface area contributed by atoms with Crippen molar-refractivity contribution in [3.63, 3.8) is 0 Å². The average molecular weight is 234 g/mol. The van der Waals surface area contributed by atoms with E-state index in [1.54, 1.807) is 0 Å². The van der Waals surface area contributed by atoms with Gasteiger partial charge in [0.1, 0.15) is 0 Å². The van der Waals surface area contributed by atoms with Crippen LogP contribution < -0.4 is 0 Å². The summed E-state index contributed by atoms with van der Waals surface area (Å²) in [4.78, 5) is 2.67. The van der Waals surface area contributed by atoms with Crippen LogP contribution in [0.3, 0.4) is 0 Å². The lowest BCUT2D eigenvalue weighted by molar-refractivity contribution is 0.145. The minimum absolute atomic E-state index is 0.887. The van der Waals surface area contributed by atoms with Gasteiger partial charge in [-0.15, -0.1) is 0 Å². The van der Waals surface area contributed by atoms with Crippen molar-refractivity contribution in [2.24, 2.45) is 0 Å². The van der Waals surface area contributed by atoms with Crippen molar-refractivity contribution in [1.29, 1.82) is 0 Å². The molecule has 0 amide bonds. The third-order valence-electron chi connectivity index (χ3n) is 2.80. The van der Waals surface area contributed by atoms with Crippen LogP contribution in [0.25, 0.3) is 0 Å². The van der Waals surface area contributed by atoms with Gasteiger partial charge < -0.3 is 4.90 Å². The maximum atomic E-state index is 3.49. The largest absolute Gasteiger partial charge is 0.300 e. The molecule has 0 bridgehead atoms. The number of halogens is 1. The SMILES string of the molecule is CCC1CCCCN1CCCBr. The summed E-state index contributed by atoms with van der Waals surface area (Å²) in [5.41, 5.74) is 0. The highest BCUT2D eigenvalue weighted by Crippen LogP contribution is 2.19. The second kappa shape index (κ2) is 5.98. The van der Waals surface area contributed by atoms with Crippen molar-refractivity contribution in [2.45, 2.75) is 45.1 Å². The topological polar surface area (TPSA) is 3.24 Å². The van der Waals surface area contributed by atoms with Crippen LogP contribution in [0.4, 0.5) is 0 Å². The number of piperidine rings is 1. The van der Waals surface area contributed by atoms with Crippen LogP contribution >= 0.6 is 15.9 Å². The van der Waals surface area contributed by atoms with Crippen LogP contribution in [-0.4, -0.2) is 29.4 Å². The third kappa shape index (κ3) is 3.06. The summed E-state index contributed by atoms with van der Waals surface area (Å²) < 4.78 is 0. The van der Waals surface area contributed by atoms with Gasteiger partial charge in [-0.1, -0.05) is 29.3 Å². The van der Waals surface area contributed by atoms with Gasteiger partial charge in [-0.25, -0.2) is 0 Å². The lowest BCUT2D eigenvalue weighted by Gasteiger charge is -2.35. The summed E-state index contributed by atoms with van der Waals surface area (Å²) in [5.74, 6) is 0. The smallest absolute Gasteiger partial charge is 0.00926 e. The molecule has 1 atom stereocenters. The molecule has 1 saturated heterocycles. The standard InChI is InChI=1S/C10H20BrN/c1-2-10-6-3-4-8-12(10)9-5-7-11/h10H,2-9H2,1H3. The van der Waals surface area contributed by atoms with E-state index in [4.69, 9.17) is 0 Å². The Hall–Kier alpha value is 0.440. The van der Waals surface area contributed by atoms with Gasteiger partial charge in [0.2, 0.25) is 0 Å². The van der Waals surface area contributed by atoms with Crippen LogP contribution in [0, 0.1) is 0 Å². The molecule has 1 rings (SSSR count). The second-order valence-corrected chi connectivity index (χ2v) is 4.43. The van der Waals surface area contributed by atoms with Gasteiger partial charge in [0, 0.05) is 11.4 Å². The molecule has 1 aliphatic heterocycles. The van der Waals surface area contributed by atoms with Crippen molar-refractivity contribution in [2.75, 3.05) is 18.4 Å². The van der Waals surface area contributed by atoms with E-state index in [1.165, 1.54) is 45.2 Å². The summed E-state index contributed by atoms with van der Waals surface area (Å²) in [6.45, 7) is 4.95. The Morgan fingerprint density at radius 3 is 2.92 bits per heavy atom. The highest BCUT2D eigenvalue weighted by molar-refractivity contribution is 9.09. The molecule has 0 radical (unpaired) electrons. The fraction of sp³-hybridized carbons (Fsp3) is 1.00. The molecule has 0 aromatic carbocycles. The third-order valence-corrected chi connectivity index (χ3v) is 3.36. The number of rotatable bonds is 4. The second-order valence-electron chi connectivity index (χ2n) is 3.64. The normalized spacial score (nSPS) is 26.0. The Bertz CT molecular complexity index is 116. The Labute approximate surface area is 84.6 Å². The summed E-state index contributed by atoms with van der Waals surface area (Å²) in [6.07, 6.45) is 6.93. The van der Waals surface area contributed by atoms with Crippen molar-refractivity contribution >= 4 is 15.9 Å². The number of likely N-dealkylation sites (tertiary alicyclic amines) is 1. The number of nitrogens with zero attached hydrogens (tertiary/aromatic N) is 1. The van der Waals surface area contributed by atoms with Crippen LogP contribution in [-0.2, 0) is 0 Å². The molecule has 1 heterocycles. The minimum atomic E-state index is 0.887. The Morgan fingerprint density at radius 2 is 2.25 bits per heavy atom. The van der Waals surface area contributed by atoms with Gasteiger partial charge in [-0.2, -0.15) is 0 Å². The van der Waals surface area contributed by atoms with Crippen LogP contribution in [0.5, 0.6) is 0 Å². The Morgan fingerprint density at radius 1 is 1.42 bits per heavy atom. The molecule has 1 aliphatic rings. The lowest BCUT2D eigenvalue weighted by Crippen LogP contribution is -2.39. The molecule has 1 unspecified atom stereocenters. The highest BCUT2D eigenvalue weighted by Gasteiger charge is 2.19. The van der Waals surface area contributed by atoms with Crippen molar-refractivity contribution < 1.29 is 0 Å².